The zero-order chi connectivity index (χ0) is 22.1. The maximum absolute atomic E-state index is 13.4. The molecule has 0 fully saturated rings. The van der Waals surface area contributed by atoms with Gasteiger partial charge in [-0.3, -0.25) is 13.8 Å². The molecular formula is C21H23FN2O5S. The van der Waals surface area contributed by atoms with Gasteiger partial charge in [0.25, 0.3) is 0 Å². The molecule has 2 aromatic carbocycles. The smallest absolute Gasteiger partial charge is 0.326 e. The summed E-state index contributed by atoms with van der Waals surface area (Å²) < 4.78 is 25.7. The van der Waals surface area contributed by atoms with E-state index in [1.807, 2.05) is 0 Å². The summed E-state index contributed by atoms with van der Waals surface area (Å²) in [5, 5.41) is 14.3. The highest BCUT2D eigenvalue weighted by Crippen LogP contribution is 2.10. The number of halogens is 1. The third kappa shape index (κ3) is 7.40. The molecule has 0 unspecified atom stereocenters. The van der Waals surface area contributed by atoms with Crippen LogP contribution < -0.4 is 10.6 Å². The van der Waals surface area contributed by atoms with Gasteiger partial charge in [0.15, 0.2) is 0 Å². The number of carboxylic acid groups (broad SMARTS) is 1. The molecule has 0 aromatic heterocycles. The number of rotatable bonds is 10. The lowest BCUT2D eigenvalue weighted by molar-refractivity contribution is -0.142. The number of benzene rings is 2. The van der Waals surface area contributed by atoms with Crippen LogP contribution in [0.2, 0.25) is 0 Å². The molecule has 30 heavy (non-hydrogen) atoms. The van der Waals surface area contributed by atoms with E-state index in [4.69, 9.17) is 0 Å². The van der Waals surface area contributed by atoms with Crippen LogP contribution in [-0.2, 0) is 31.6 Å². The highest BCUT2D eigenvalue weighted by Gasteiger charge is 2.26. The maximum atomic E-state index is 13.4. The fourth-order valence-electron chi connectivity index (χ4n) is 2.80. The standard InChI is InChI=1S/C21H23FN2O5S/c1-14(25)23-19(13-15-6-5-7-16(22)12-15)20(26)24-18(21(27)28)10-11-30(29)17-8-3-2-4-9-17/h2-9,12,18-19H,10-11,13H2,1H3,(H,23,25)(H,24,26)(H,27,28)/t18-,19-,30+/m1/s1. The second-order valence-corrected chi connectivity index (χ2v) is 8.21. The molecule has 0 bridgehead atoms. The SMILES string of the molecule is CC(=O)N[C@H](Cc1cccc(F)c1)C(=O)N[C@H](CC[S@](=O)c1ccccc1)C(=O)O. The molecule has 0 radical (unpaired) electrons. The van der Waals surface area contributed by atoms with Gasteiger partial charge in [0, 0.05) is 24.0 Å². The highest BCUT2D eigenvalue weighted by molar-refractivity contribution is 7.85. The normalized spacial score (nSPS) is 13.7. The Morgan fingerprint density at radius 1 is 1.03 bits per heavy atom. The summed E-state index contributed by atoms with van der Waals surface area (Å²) >= 11 is 0. The lowest BCUT2D eigenvalue weighted by atomic mass is 10.0. The Bertz CT molecular complexity index is 923. The Kier molecular flexibility index (Phi) is 8.67. The van der Waals surface area contributed by atoms with Gasteiger partial charge in [-0.2, -0.15) is 0 Å². The molecule has 160 valence electrons. The molecule has 7 nitrogen and oxygen atoms in total. The van der Waals surface area contributed by atoms with Crippen molar-refractivity contribution in [2.75, 3.05) is 5.75 Å². The molecule has 9 heteroatoms. The zero-order valence-electron chi connectivity index (χ0n) is 16.3. The Balaban J connectivity index is 2.04. The van der Waals surface area contributed by atoms with Crippen LogP contribution in [0.3, 0.4) is 0 Å². The van der Waals surface area contributed by atoms with Crippen LogP contribution in [0.1, 0.15) is 18.9 Å². The fourth-order valence-corrected chi connectivity index (χ4v) is 3.95. The summed E-state index contributed by atoms with van der Waals surface area (Å²) in [6, 6.07) is 11.8. The van der Waals surface area contributed by atoms with E-state index in [9.17, 15) is 28.1 Å². The van der Waals surface area contributed by atoms with Crippen molar-refractivity contribution in [1.82, 2.24) is 10.6 Å². The number of hydrogen-bond donors (Lipinski definition) is 3. The molecule has 0 aliphatic heterocycles. The molecule has 2 aromatic rings. The Morgan fingerprint density at radius 3 is 2.33 bits per heavy atom. The average Bonchev–Trinajstić information content (AvgIpc) is 2.70. The van der Waals surface area contributed by atoms with E-state index >= 15 is 0 Å². The van der Waals surface area contributed by atoms with E-state index in [0.29, 0.717) is 10.5 Å². The van der Waals surface area contributed by atoms with Gasteiger partial charge in [0.1, 0.15) is 17.9 Å². The first-order chi connectivity index (χ1) is 14.3. The van der Waals surface area contributed by atoms with Crippen LogP contribution in [-0.4, -0.2) is 44.9 Å². The number of aliphatic carboxylic acids is 1. The summed E-state index contributed by atoms with van der Waals surface area (Å²) in [7, 11) is -1.42. The number of carbonyl (C=O) groups excluding carboxylic acids is 2. The summed E-state index contributed by atoms with van der Waals surface area (Å²) in [6.45, 7) is 1.23. The van der Waals surface area contributed by atoms with Gasteiger partial charge in [-0.05, 0) is 36.2 Å². The third-order valence-electron chi connectivity index (χ3n) is 4.24. The first kappa shape index (κ1) is 23.2. The van der Waals surface area contributed by atoms with Gasteiger partial charge in [-0.15, -0.1) is 0 Å². The van der Waals surface area contributed by atoms with Crippen molar-refractivity contribution in [2.24, 2.45) is 0 Å². The van der Waals surface area contributed by atoms with E-state index in [1.165, 1.54) is 25.1 Å². The predicted octanol–water partition coefficient (Wildman–Crippen LogP) is 1.64. The Hall–Kier alpha value is -3.07. The minimum Gasteiger partial charge on any atom is -0.480 e. The Morgan fingerprint density at radius 2 is 1.73 bits per heavy atom. The summed E-state index contributed by atoms with van der Waals surface area (Å²) in [5.74, 6) is -2.92. The predicted molar refractivity (Wildman–Crippen MR) is 110 cm³/mol. The van der Waals surface area contributed by atoms with E-state index < -0.39 is 46.5 Å². The van der Waals surface area contributed by atoms with Gasteiger partial charge in [-0.25, -0.2) is 9.18 Å². The van der Waals surface area contributed by atoms with Gasteiger partial charge in [-0.1, -0.05) is 30.3 Å². The molecule has 3 N–H and O–H groups in total. The van der Waals surface area contributed by atoms with Crippen molar-refractivity contribution in [3.63, 3.8) is 0 Å². The number of amides is 2. The first-order valence-corrected chi connectivity index (χ1v) is 10.6. The lowest BCUT2D eigenvalue weighted by Gasteiger charge is -2.21. The molecule has 0 saturated carbocycles. The van der Waals surface area contributed by atoms with Crippen molar-refractivity contribution in [3.05, 3.63) is 66.0 Å². The van der Waals surface area contributed by atoms with Crippen LogP contribution in [0.4, 0.5) is 4.39 Å². The van der Waals surface area contributed by atoms with Gasteiger partial charge >= 0.3 is 5.97 Å². The van der Waals surface area contributed by atoms with Crippen LogP contribution >= 0.6 is 0 Å². The number of nitrogens with one attached hydrogen (secondary N) is 2. The van der Waals surface area contributed by atoms with Gasteiger partial charge in [0.2, 0.25) is 11.8 Å². The van der Waals surface area contributed by atoms with E-state index in [1.54, 1.807) is 36.4 Å². The molecule has 0 saturated heterocycles. The number of carbonyl (C=O) groups is 3. The van der Waals surface area contributed by atoms with Gasteiger partial charge < -0.3 is 15.7 Å². The molecule has 2 amide bonds. The maximum Gasteiger partial charge on any atom is 0.326 e. The molecular weight excluding hydrogens is 411 g/mol. The van der Waals surface area contributed by atoms with Crippen LogP contribution in [0.15, 0.2) is 59.5 Å². The first-order valence-electron chi connectivity index (χ1n) is 9.24. The van der Waals surface area contributed by atoms with E-state index in [2.05, 4.69) is 10.6 Å². The minimum absolute atomic E-state index is 0.00847. The summed E-state index contributed by atoms with van der Waals surface area (Å²) in [6.07, 6.45) is -0.0687. The quantitative estimate of drug-likeness (QED) is 0.526. The van der Waals surface area contributed by atoms with Gasteiger partial charge in [0.05, 0.1) is 10.8 Å². The van der Waals surface area contributed by atoms with Crippen molar-refractivity contribution in [1.29, 1.82) is 0 Å². The minimum atomic E-state index is -1.42. The van der Waals surface area contributed by atoms with Crippen molar-refractivity contribution < 1.29 is 28.1 Å². The zero-order valence-corrected chi connectivity index (χ0v) is 17.2. The molecule has 0 heterocycles. The van der Waals surface area contributed by atoms with E-state index in [-0.39, 0.29) is 18.6 Å². The number of hydrogen-bond acceptors (Lipinski definition) is 4. The monoisotopic (exact) mass is 434 g/mol. The summed E-state index contributed by atoms with van der Waals surface area (Å²) in [5.41, 5.74) is 0.473. The molecule has 2 rings (SSSR count). The molecule has 0 aliphatic carbocycles. The molecule has 0 aliphatic rings. The van der Waals surface area contributed by atoms with Crippen molar-refractivity contribution >= 4 is 28.6 Å². The van der Waals surface area contributed by atoms with Crippen LogP contribution in [0.5, 0.6) is 0 Å². The van der Waals surface area contributed by atoms with Crippen molar-refractivity contribution in [3.8, 4) is 0 Å². The summed E-state index contributed by atoms with van der Waals surface area (Å²) in [4.78, 5) is 36.3. The lowest BCUT2D eigenvalue weighted by Crippen LogP contribution is -2.52. The van der Waals surface area contributed by atoms with Crippen LogP contribution in [0.25, 0.3) is 0 Å². The highest BCUT2D eigenvalue weighted by atomic mass is 32.2. The Labute approximate surface area is 176 Å². The largest absolute Gasteiger partial charge is 0.480 e. The molecule has 0 spiro atoms. The van der Waals surface area contributed by atoms with E-state index in [0.717, 1.165) is 0 Å². The average molecular weight is 434 g/mol. The second kappa shape index (κ2) is 11.2. The number of carboxylic acids is 1. The third-order valence-corrected chi connectivity index (χ3v) is 5.64. The topological polar surface area (TPSA) is 113 Å². The molecule has 3 atom stereocenters. The second-order valence-electron chi connectivity index (χ2n) is 6.64. The fraction of sp³-hybridized carbons (Fsp3) is 0.286. The van der Waals surface area contributed by atoms with Crippen molar-refractivity contribution in [2.45, 2.75) is 36.7 Å². The van der Waals surface area contributed by atoms with Crippen LogP contribution in [0, 0.1) is 5.82 Å².